The molecule has 0 spiro atoms. The third kappa shape index (κ3) is 6.02. The van der Waals surface area contributed by atoms with Crippen LogP contribution in [-0.4, -0.2) is 21.8 Å². The minimum Gasteiger partial charge on any atom is -0.423 e. The molecule has 42 heavy (non-hydrogen) atoms. The fourth-order valence-electron chi connectivity index (χ4n) is 5.41. The van der Waals surface area contributed by atoms with Crippen LogP contribution in [0.25, 0.3) is 0 Å². The van der Waals surface area contributed by atoms with E-state index in [1.807, 2.05) is 24.3 Å². The number of hydrogen-bond donors (Lipinski definition) is 0. The number of nitro benzene ring substituents is 2. The van der Waals surface area contributed by atoms with Crippen molar-refractivity contribution in [2.45, 2.75) is 37.5 Å². The summed E-state index contributed by atoms with van der Waals surface area (Å²) in [6.45, 7) is 0. The first-order valence-corrected chi connectivity index (χ1v) is 13.4. The topological polar surface area (TPSA) is 139 Å². The monoisotopic (exact) mass is 566 g/mol. The number of non-ortho nitro benzene ring substituents is 2. The first-order valence-electron chi connectivity index (χ1n) is 13.4. The molecule has 1 fully saturated rings. The molecule has 0 bridgehead atoms. The standard InChI is InChI=1S/C32H26N2O8/c35-30(22-6-4-8-26(20-22)33(37)38)41-28-14-10-24(11-15-28)32(18-2-1-3-19-32)25-12-16-29(17-13-25)42-31(36)23-7-5-9-27(21-23)34(39)40/h4-17,20-21H,1-3,18-19H2. The SMILES string of the molecule is O=C(Oc1ccc(C2(c3ccc(OC(=O)c4cccc([N+](=O)[O-])c4)cc3)CCCCC2)cc1)c1cccc([N+](=O)[O-])c1. The quantitative estimate of drug-likeness (QED) is 0.0945. The summed E-state index contributed by atoms with van der Waals surface area (Å²) in [4.78, 5) is 46.1. The van der Waals surface area contributed by atoms with Crippen molar-refractivity contribution in [2.24, 2.45) is 0 Å². The largest absolute Gasteiger partial charge is 0.423 e. The minimum atomic E-state index is -0.686. The Hall–Kier alpha value is -5.38. The van der Waals surface area contributed by atoms with Gasteiger partial charge in [0.05, 0.1) is 21.0 Å². The first-order chi connectivity index (χ1) is 20.2. The summed E-state index contributed by atoms with van der Waals surface area (Å²) in [5, 5.41) is 22.1. The Morgan fingerprint density at radius 2 is 1.00 bits per heavy atom. The van der Waals surface area contributed by atoms with Gasteiger partial charge < -0.3 is 9.47 Å². The van der Waals surface area contributed by atoms with E-state index in [2.05, 4.69) is 0 Å². The predicted octanol–water partition coefficient (Wildman–Crippen LogP) is 7.19. The van der Waals surface area contributed by atoms with Crippen molar-refractivity contribution in [3.8, 4) is 11.5 Å². The van der Waals surface area contributed by atoms with Gasteiger partial charge in [-0.1, -0.05) is 55.7 Å². The molecule has 1 aliphatic rings. The molecule has 212 valence electrons. The summed E-state index contributed by atoms with van der Waals surface area (Å²) >= 11 is 0. The lowest BCUT2D eigenvalue weighted by atomic mass is 9.65. The van der Waals surface area contributed by atoms with Crippen molar-refractivity contribution in [3.63, 3.8) is 0 Å². The highest BCUT2D eigenvalue weighted by Crippen LogP contribution is 2.45. The molecule has 0 heterocycles. The second-order valence-corrected chi connectivity index (χ2v) is 10.1. The third-order valence-electron chi connectivity index (χ3n) is 7.53. The van der Waals surface area contributed by atoms with Crippen molar-refractivity contribution < 1.29 is 28.9 Å². The Kier molecular flexibility index (Phi) is 8.05. The van der Waals surface area contributed by atoms with Crippen molar-refractivity contribution in [1.29, 1.82) is 0 Å². The van der Waals surface area contributed by atoms with Crippen LogP contribution in [0.2, 0.25) is 0 Å². The van der Waals surface area contributed by atoms with Crippen molar-refractivity contribution in [3.05, 3.63) is 140 Å². The zero-order chi connectivity index (χ0) is 29.7. The van der Waals surface area contributed by atoms with E-state index >= 15 is 0 Å². The van der Waals surface area contributed by atoms with Crippen LogP contribution in [0.3, 0.4) is 0 Å². The first kappa shape index (κ1) is 28.2. The third-order valence-corrected chi connectivity index (χ3v) is 7.53. The van der Waals surface area contributed by atoms with Crippen LogP contribution < -0.4 is 9.47 Å². The highest BCUT2D eigenvalue weighted by atomic mass is 16.6. The van der Waals surface area contributed by atoms with Crippen LogP contribution in [0.5, 0.6) is 11.5 Å². The van der Waals surface area contributed by atoms with E-state index in [0.717, 1.165) is 43.2 Å². The van der Waals surface area contributed by atoms with Gasteiger partial charge in [-0.05, 0) is 60.4 Å². The number of ether oxygens (including phenoxy) is 2. The zero-order valence-electron chi connectivity index (χ0n) is 22.4. The van der Waals surface area contributed by atoms with E-state index in [1.54, 1.807) is 24.3 Å². The molecule has 0 aromatic heterocycles. The number of hydrogen-bond acceptors (Lipinski definition) is 8. The van der Waals surface area contributed by atoms with E-state index in [4.69, 9.17) is 9.47 Å². The Bertz CT molecular complexity index is 1530. The average molecular weight is 567 g/mol. The number of esters is 2. The Labute approximate surface area is 240 Å². The van der Waals surface area contributed by atoms with Gasteiger partial charge in [0.1, 0.15) is 11.5 Å². The van der Waals surface area contributed by atoms with E-state index in [9.17, 15) is 29.8 Å². The van der Waals surface area contributed by atoms with E-state index in [1.165, 1.54) is 48.5 Å². The Morgan fingerprint density at radius 1 is 0.595 bits per heavy atom. The number of benzene rings is 4. The average Bonchev–Trinajstić information content (AvgIpc) is 3.02. The second kappa shape index (κ2) is 12.0. The molecule has 0 unspecified atom stereocenters. The number of nitrogens with zero attached hydrogens (tertiary/aromatic N) is 2. The van der Waals surface area contributed by atoms with Gasteiger partial charge in [0.2, 0.25) is 0 Å². The van der Waals surface area contributed by atoms with Gasteiger partial charge >= 0.3 is 11.9 Å². The predicted molar refractivity (Wildman–Crippen MR) is 153 cm³/mol. The smallest absolute Gasteiger partial charge is 0.343 e. The van der Waals surface area contributed by atoms with Crippen LogP contribution >= 0.6 is 0 Å². The zero-order valence-corrected chi connectivity index (χ0v) is 22.4. The minimum absolute atomic E-state index is 0.0864. The van der Waals surface area contributed by atoms with E-state index in [-0.39, 0.29) is 27.9 Å². The molecular formula is C32H26N2O8. The van der Waals surface area contributed by atoms with Gasteiger partial charge in [-0.3, -0.25) is 20.2 Å². The summed E-state index contributed by atoms with van der Waals surface area (Å²) in [7, 11) is 0. The number of rotatable bonds is 8. The molecule has 10 heteroatoms. The van der Waals surface area contributed by atoms with Gasteiger partial charge in [0, 0.05) is 29.7 Å². The molecule has 0 saturated heterocycles. The molecule has 10 nitrogen and oxygen atoms in total. The second-order valence-electron chi connectivity index (χ2n) is 10.1. The van der Waals surface area contributed by atoms with Crippen molar-refractivity contribution in [1.82, 2.24) is 0 Å². The Morgan fingerprint density at radius 3 is 1.38 bits per heavy atom. The molecule has 0 atom stereocenters. The molecule has 0 N–H and O–H groups in total. The lowest BCUT2D eigenvalue weighted by Gasteiger charge is -2.38. The van der Waals surface area contributed by atoms with E-state index < -0.39 is 21.8 Å². The molecule has 5 rings (SSSR count). The molecule has 1 saturated carbocycles. The fraction of sp³-hybridized carbons (Fsp3) is 0.188. The summed E-state index contributed by atoms with van der Waals surface area (Å²) < 4.78 is 11.0. The molecular weight excluding hydrogens is 540 g/mol. The molecule has 0 amide bonds. The normalized spacial score (nSPS) is 14.0. The highest BCUT2D eigenvalue weighted by molar-refractivity contribution is 5.92. The lowest BCUT2D eigenvalue weighted by molar-refractivity contribution is -0.385. The van der Waals surface area contributed by atoms with Crippen molar-refractivity contribution >= 4 is 23.3 Å². The van der Waals surface area contributed by atoms with E-state index in [0.29, 0.717) is 11.5 Å². The van der Waals surface area contributed by atoms with Crippen LogP contribution in [0.15, 0.2) is 97.1 Å². The van der Waals surface area contributed by atoms with Gasteiger partial charge in [0.15, 0.2) is 0 Å². The van der Waals surface area contributed by atoms with Crippen molar-refractivity contribution in [2.75, 3.05) is 0 Å². The van der Waals surface area contributed by atoms with Gasteiger partial charge in [-0.15, -0.1) is 0 Å². The Balaban J connectivity index is 1.33. The molecule has 1 aliphatic carbocycles. The fourth-order valence-corrected chi connectivity index (χ4v) is 5.41. The molecule has 4 aromatic rings. The maximum atomic E-state index is 12.6. The number of carbonyl (C=O) groups is 2. The number of carbonyl (C=O) groups excluding carboxylic acids is 2. The maximum Gasteiger partial charge on any atom is 0.343 e. The van der Waals surface area contributed by atoms with Gasteiger partial charge in [-0.2, -0.15) is 0 Å². The summed E-state index contributed by atoms with van der Waals surface area (Å²) in [6, 6.07) is 25.4. The summed E-state index contributed by atoms with van der Waals surface area (Å²) in [5.74, 6) is -0.725. The van der Waals surface area contributed by atoms with Crippen LogP contribution in [0.4, 0.5) is 11.4 Å². The lowest BCUT2D eigenvalue weighted by Crippen LogP contribution is -2.30. The van der Waals surface area contributed by atoms with Crippen LogP contribution in [0, 0.1) is 20.2 Å². The molecule has 0 aliphatic heterocycles. The number of nitro groups is 2. The van der Waals surface area contributed by atoms with Crippen LogP contribution in [0.1, 0.15) is 63.9 Å². The summed E-state index contributed by atoms with van der Waals surface area (Å²) in [5.41, 5.74) is 1.61. The summed E-state index contributed by atoms with van der Waals surface area (Å²) in [6.07, 6.45) is 5.01. The van der Waals surface area contributed by atoms with Crippen LogP contribution in [-0.2, 0) is 5.41 Å². The highest BCUT2D eigenvalue weighted by Gasteiger charge is 2.35. The van der Waals surface area contributed by atoms with Gasteiger partial charge in [-0.25, -0.2) is 9.59 Å². The molecule has 4 aromatic carbocycles. The molecule has 0 radical (unpaired) electrons. The maximum absolute atomic E-state index is 12.6. The van der Waals surface area contributed by atoms with Gasteiger partial charge in [0.25, 0.3) is 11.4 Å².